The molecular weight excluding hydrogens is 140 g/mol. The van der Waals surface area contributed by atoms with E-state index in [4.69, 9.17) is 5.73 Å². The van der Waals surface area contributed by atoms with Gasteiger partial charge in [-0.2, -0.15) is 0 Å². The minimum absolute atomic E-state index is 0.113. The van der Waals surface area contributed by atoms with Crippen molar-refractivity contribution in [2.75, 3.05) is 20.1 Å². The Balaban J connectivity index is 4.23. The molecule has 2 N–H and O–H groups in total. The second kappa shape index (κ2) is 3.72. The van der Waals surface area contributed by atoms with Gasteiger partial charge in [0.1, 0.15) is 0 Å². The third-order valence-electron chi connectivity index (χ3n) is 1.91. The van der Waals surface area contributed by atoms with Crippen molar-refractivity contribution in [3.05, 3.63) is 0 Å². The lowest BCUT2D eigenvalue weighted by molar-refractivity contribution is -0.138. The van der Waals surface area contributed by atoms with Gasteiger partial charge in [0.05, 0.1) is 5.41 Å². The van der Waals surface area contributed by atoms with E-state index in [9.17, 15) is 4.79 Å². The number of carbonyl (C=O) groups is 1. The first-order valence-corrected chi connectivity index (χ1v) is 3.91. The molecule has 0 atom stereocenters. The van der Waals surface area contributed by atoms with Gasteiger partial charge in [-0.15, -0.1) is 0 Å². The van der Waals surface area contributed by atoms with Gasteiger partial charge < -0.3 is 10.6 Å². The van der Waals surface area contributed by atoms with Crippen LogP contribution in [0.15, 0.2) is 0 Å². The van der Waals surface area contributed by atoms with Crippen molar-refractivity contribution in [2.45, 2.75) is 20.8 Å². The zero-order valence-electron chi connectivity index (χ0n) is 7.85. The molecule has 0 aliphatic carbocycles. The average molecular weight is 158 g/mol. The topological polar surface area (TPSA) is 46.3 Å². The third kappa shape index (κ3) is 2.50. The number of carbonyl (C=O) groups excluding carboxylic acids is 1. The summed E-state index contributed by atoms with van der Waals surface area (Å²) in [6.07, 6.45) is 0. The van der Waals surface area contributed by atoms with E-state index in [2.05, 4.69) is 0 Å². The van der Waals surface area contributed by atoms with E-state index in [-0.39, 0.29) is 5.91 Å². The van der Waals surface area contributed by atoms with E-state index in [1.165, 1.54) is 0 Å². The van der Waals surface area contributed by atoms with E-state index in [0.717, 1.165) is 6.54 Å². The van der Waals surface area contributed by atoms with Gasteiger partial charge in [0.15, 0.2) is 0 Å². The molecule has 0 aromatic heterocycles. The molecule has 0 saturated heterocycles. The zero-order valence-corrected chi connectivity index (χ0v) is 7.85. The normalized spacial score (nSPS) is 11.4. The molecule has 0 unspecified atom stereocenters. The predicted octanol–water partition coefficient (Wildman–Crippen LogP) is 0.450. The molecule has 11 heavy (non-hydrogen) atoms. The average Bonchev–Trinajstić information content (AvgIpc) is 2.01. The van der Waals surface area contributed by atoms with Gasteiger partial charge in [-0.05, 0) is 20.8 Å². The van der Waals surface area contributed by atoms with Gasteiger partial charge in [-0.25, -0.2) is 0 Å². The van der Waals surface area contributed by atoms with Gasteiger partial charge in [-0.1, -0.05) is 0 Å². The second-order valence-corrected chi connectivity index (χ2v) is 3.41. The lowest BCUT2D eigenvalue weighted by Crippen LogP contribution is -2.42. The fraction of sp³-hybridized carbons (Fsp3) is 0.875. The summed E-state index contributed by atoms with van der Waals surface area (Å²) in [6.45, 7) is 6.81. The highest BCUT2D eigenvalue weighted by Gasteiger charge is 2.27. The van der Waals surface area contributed by atoms with Crippen molar-refractivity contribution in [1.29, 1.82) is 0 Å². The molecule has 66 valence electrons. The maximum atomic E-state index is 11.5. The first-order valence-electron chi connectivity index (χ1n) is 3.91. The van der Waals surface area contributed by atoms with Crippen molar-refractivity contribution in [3.63, 3.8) is 0 Å². The molecule has 0 rings (SSSR count). The second-order valence-electron chi connectivity index (χ2n) is 3.41. The van der Waals surface area contributed by atoms with E-state index in [1.807, 2.05) is 20.8 Å². The van der Waals surface area contributed by atoms with Crippen LogP contribution in [-0.2, 0) is 4.79 Å². The quantitative estimate of drug-likeness (QED) is 0.648. The molecule has 3 heteroatoms. The van der Waals surface area contributed by atoms with Crippen molar-refractivity contribution < 1.29 is 4.79 Å². The molecule has 0 radical (unpaired) electrons. The largest absolute Gasteiger partial charge is 0.346 e. The van der Waals surface area contributed by atoms with E-state index in [0.29, 0.717) is 6.54 Å². The van der Waals surface area contributed by atoms with E-state index >= 15 is 0 Å². The SMILES string of the molecule is CCN(C)C(=O)C(C)(C)CN. The van der Waals surface area contributed by atoms with Crippen LogP contribution >= 0.6 is 0 Å². The fourth-order valence-corrected chi connectivity index (χ4v) is 0.748. The number of hydrogen-bond acceptors (Lipinski definition) is 2. The lowest BCUT2D eigenvalue weighted by atomic mass is 9.92. The molecule has 0 fully saturated rings. The Hall–Kier alpha value is -0.570. The standard InChI is InChI=1S/C8H18N2O/c1-5-10(4)7(11)8(2,3)6-9/h5-6,9H2,1-4H3. The van der Waals surface area contributed by atoms with Gasteiger partial charge in [0, 0.05) is 20.1 Å². The maximum absolute atomic E-state index is 11.5. The highest BCUT2D eigenvalue weighted by molar-refractivity contribution is 5.81. The van der Waals surface area contributed by atoms with E-state index < -0.39 is 5.41 Å². The van der Waals surface area contributed by atoms with Crippen molar-refractivity contribution in [3.8, 4) is 0 Å². The Morgan fingerprint density at radius 3 is 2.27 bits per heavy atom. The maximum Gasteiger partial charge on any atom is 0.229 e. The van der Waals surface area contributed by atoms with Crippen LogP contribution in [0.5, 0.6) is 0 Å². The van der Waals surface area contributed by atoms with Crippen LogP contribution in [0.3, 0.4) is 0 Å². The van der Waals surface area contributed by atoms with Gasteiger partial charge in [0.2, 0.25) is 5.91 Å². The molecular formula is C8H18N2O. The van der Waals surface area contributed by atoms with Crippen LogP contribution in [0.4, 0.5) is 0 Å². The summed E-state index contributed by atoms with van der Waals surface area (Å²) in [6, 6.07) is 0. The Kier molecular flexibility index (Phi) is 3.52. The fourth-order valence-electron chi connectivity index (χ4n) is 0.748. The molecule has 1 amide bonds. The third-order valence-corrected chi connectivity index (χ3v) is 1.91. The Morgan fingerprint density at radius 1 is 1.55 bits per heavy atom. The minimum atomic E-state index is -0.412. The highest BCUT2D eigenvalue weighted by atomic mass is 16.2. The van der Waals surface area contributed by atoms with Crippen LogP contribution in [0.1, 0.15) is 20.8 Å². The van der Waals surface area contributed by atoms with Crippen LogP contribution in [0, 0.1) is 5.41 Å². The Bertz CT molecular complexity index is 143. The van der Waals surface area contributed by atoms with E-state index in [1.54, 1.807) is 11.9 Å². The molecule has 0 aromatic rings. The molecule has 0 aliphatic rings. The van der Waals surface area contributed by atoms with Crippen LogP contribution in [0.25, 0.3) is 0 Å². The van der Waals surface area contributed by atoms with Crippen LogP contribution in [-0.4, -0.2) is 30.9 Å². The van der Waals surface area contributed by atoms with Crippen molar-refractivity contribution in [2.24, 2.45) is 11.1 Å². The van der Waals surface area contributed by atoms with Crippen molar-refractivity contribution in [1.82, 2.24) is 4.90 Å². The minimum Gasteiger partial charge on any atom is -0.346 e. The first-order chi connectivity index (χ1) is 4.95. The Morgan fingerprint density at radius 2 is 2.00 bits per heavy atom. The summed E-state index contributed by atoms with van der Waals surface area (Å²) >= 11 is 0. The monoisotopic (exact) mass is 158 g/mol. The number of nitrogens with zero attached hydrogens (tertiary/aromatic N) is 1. The number of hydrogen-bond donors (Lipinski definition) is 1. The molecule has 0 aromatic carbocycles. The number of rotatable bonds is 3. The first kappa shape index (κ1) is 10.4. The summed E-state index contributed by atoms with van der Waals surface area (Å²) in [4.78, 5) is 13.2. The Labute approximate surface area is 68.6 Å². The van der Waals surface area contributed by atoms with Gasteiger partial charge in [0.25, 0.3) is 0 Å². The van der Waals surface area contributed by atoms with Gasteiger partial charge in [-0.3, -0.25) is 4.79 Å². The van der Waals surface area contributed by atoms with Crippen molar-refractivity contribution >= 4 is 5.91 Å². The summed E-state index contributed by atoms with van der Waals surface area (Å²) in [7, 11) is 1.79. The molecule has 0 aliphatic heterocycles. The molecule has 0 heterocycles. The number of nitrogens with two attached hydrogens (primary N) is 1. The highest BCUT2D eigenvalue weighted by Crippen LogP contribution is 2.15. The molecule has 0 bridgehead atoms. The van der Waals surface area contributed by atoms with Crippen LogP contribution in [0.2, 0.25) is 0 Å². The number of amides is 1. The summed E-state index contributed by atoms with van der Waals surface area (Å²) < 4.78 is 0. The summed E-state index contributed by atoms with van der Waals surface area (Å²) in [5.41, 5.74) is 5.04. The molecule has 0 saturated carbocycles. The molecule has 0 spiro atoms. The molecule has 3 nitrogen and oxygen atoms in total. The summed E-state index contributed by atoms with van der Waals surface area (Å²) in [5, 5.41) is 0. The zero-order chi connectivity index (χ0) is 9.07. The smallest absolute Gasteiger partial charge is 0.229 e. The van der Waals surface area contributed by atoms with Gasteiger partial charge >= 0.3 is 0 Å². The summed E-state index contributed by atoms with van der Waals surface area (Å²) in [5.74, 6) is 0.113. The lowest BCUT2D eigenvalue weighted by Gasteiger charge is -2.27. The van der Waals surface area contributed by atoms with Crippen LogP contribution < -0.4 is 5.73 Å². The predicted molar refractivity (Wildman–Crippen MR) is 46.1 cm³/mol.